The summed E-state index contributed by atoms with van der Waals surface area (Å²) in [7, 11) is 1.26. The average molecular weight is 327 g/mol. The maximum Gasteiger partial charge on any atom is 0.337 e. The number of amides is 2. The highest BCUT2D eigenvalue weighted by Gasteiger charge is 2.16. The number of hydrogen-bond donors (Lipinski definition) is 1. The van der Waals surface area contributed by atoms with E-state index in [0.717, 1.165) is 0 Å². The van der Waals surface area contributed by atoms with Gasteiger partial charge in [0.15, 0.2) is 0 Å². The van der Waals surface area contributed by atoms with Gasteiger partial charge in [0.1, 0.15) is 6.42 Å². The van der Waals surface area contributed by atoms with Crippen molar-refractivity contribution in [2.75, 3.05) is 25.5 Å². The maximum absolute atomic E-state index is 11.9. The second-order valence-electron chi connectivity index (χ2n) is 4.48. The van der Waals surface area contributed by atoms with E-state index >= 15 is 0 Å². The van der Waals surface area contributed by atoms with Crippen LogP contribution >= 0.6 is 11.6 Å². The monoisotopic (exact) mass is 326 g/mol. The number of carbonyl (C=O) groups is 3. The minimum atomic E-state index is -0.536. The fraction of sp³-hybridized carbons (Fsp3) is 0.400. The molecule has 0 atom stereocenters. The molecule has 1 N–H and O–H groups in total. The van der Waals surface area contributed by atoms with Gasteiger partial charge in [-0.1, -0.05) is 11.6 Å². The van der Waals surface area contributed by atoms with E-state index in [9.17, 15) is 14.4 Å². The number of benzene rings is 1. The highest BCUT2D eigenvalue weighted by atomic mass is 35.5. The molecule has 1 rings (SSSR count). The van der Waals surface area contributed by atoms with Crippen LogP contribution in [0.3, 0.4) is 0 Å². The zero-order valence-corrected chi connectivity index (χ0v) is 13.6. The van der Waals surface area contributed by atoms with Crippen molar-refractivity contribution in [3.8, 4) is 0 Å². The quantitative estimate of drug-likeness (QED) is 0.643. The molecule has 0 bridgehead atoms. The Bertz CT molecular complexity index is 571. The van der Waals surface area contributed by atoms with Crippen LogP contribution in [0.1, 0.15) is 30.6 Å². The Morgan fingerprint density at radius 1 is 1.23 bits per heavy atom. The van der Waals surface area contributed by atoms with Crippen molar-refractivity contribution >= 4 is 35.1 Å². The number of halogens is 1. The molecule has 22 heavy (non-hydrogen) atoms. The molecule has 2 amide bonds. The summed E-state index contributed by atoms with van der Waals surface area (Å²) >= 11 is 5.98. The van der Waals surface area contributed by atoms with E-state index in [4.69, 9.17) is 11.6 Å². The maximum atomic E-state index is 11.9. The average Bonchev–Trinajstić information content (AvgIpc) is 2.49. The number of methoxy groups -OCH3 is 1. The summed E-state index contributed by atoms with van der Waals surface area (Å²) in [6.07, 6.45) is -0.277. The zero-order chi connectivity index (χ0) is 16.7. The van der Waals surface area contributed by atoms with Gasteiger partial charge in [-0.3, -0.25) is 9.59 Å². The summed E-state index contributed by atoms with van der Waals surface area (Å²) < 4.78 is 4.61. The smallest absolute Gasteiger partial charge is 0.337 e. The van der Waals surface area contributed by atoms with Gasteiger partial charge in [0.05, 0.1) is 23.4 Å². The lowest BCUT2D eigenvalue weighted by atomic mass is 10.2. The van der Waals surface area contributed by atoms with Gasteiger partial charge in [-0.15, -0.1) is 0 Å². The molecule has 0 unspecified atom stereocenters. The Labute approximate surface area is 134 Å². The zero-order valence-electron chi connectivity index (χ0n) is 12.8. The Kier molecular flexibility index (Phi) is 6.85. The first-order valence-corrected chi connectivity index (χ1v) is 7.26. The van der Waals surface area contributed by atoms with Gasteiger partial charge in [0, 0.05) is 13.1 Å². The molecular weight excluding hydrogens is 308 g/mol. The van der Waals surface area contributed by atoms with Crippen molar-refractivity contribution in [1.29, 1.82) is 0 Å². The molecule has 120 valence electrons. The van der Waals surface area contributed by atoms with Crippen LogP contribution in [0.15, 0.2) is 18.2 Å². The van der Waals surface area contributed by atoms with Crippen molar-refractivity contribution in [3.05, 3.63) is 28.8 Å². The summed E-state index contributed by atoms with van der Waals surface area (Å²) in [6, 6.07) is 4.38. The minimum Gasteiger partial charge on any atom is -0.465 e. The number of ether oxygens (including phenoxy) is 1. The van der Waals surface area contributed by atoms with Gasteiger partial charge in [-0.25, -0.2) is 4.79 Å². The van der Waals surface area contributed by atoms with Gasteiger partial charge in [-0.05, 0) is 32.0 Å². The van der Waals surface area contributed by atoms with Crippen LogP contribution in [0.25, 0.3) is 0 Å². The van der Waals surface area contributed by atoms with E-state index in [1.54, 1.807) is 4.90 Å². The van der Waals surface area contributed by atoms with Gasteiger partial charge in [-0.2, -0.15) is 0 Å². The Hall–Kier alpha value is -2.08. The molecule has 1 aromatic rings. The molecule has 6 nitrogen and oxygen atoms in total. The first-order valence-electron chi connectivity index (χ1n) is 6.88. The third kappa shape index (κ3) is 4.73. The number of nitrogens with zero attached hydrogens (tertiary/aromatic N) is 1. The summed E-state index contributed by atoms with van der Waals surface area (Å²) in [6.45, 7) is 4.77. The fourth-order valence-electron chi connectivity index (χ4n) is 1.89. The van der Waals surface area contributed by atoms with E-state index in [1.807, 2.05) is 13.8 Å². The lowest BCUT2D eigenvalue weighted by molar-refractivity contribution is -0.134. The number of carbonyl (C=O) groups excluding carboxylic acids is 3. The summed E-state index contributed by atoms with van der Waals surface area (Å²) in [5.74, 6) is -1.28. The third-order valence-electron chi connectivity index (χ3n) is 3.09. The number of anilines is 1. The SMILES string of the molecule is CCN(CC)C(=O)CC(=O)Nc1cc(C(=O)OC)ccc1Cl. The van der Waals surface area contributed by atoms with Gasteiger partial charge in [0.2, 0.25) is 11.8 Å². The first-order chi connectivity index (χ1) is 10.4. The van der Waals surface area contributed by atoms with Crippen LogP contribution in [0.2, 0.25) is 5.02 Å². The molecular formula is C15H19ClN2O4. The van der Waals surface area contributed by atoms with Gasteiger partial charge >= 0.3 is 5.97 Å². The van der Waals surface area contributed by atoms with Crippen molar-refractivity contribution < 1.29 is 19.1 Å². The third-order valence-corrected chi connectivity index (χ3v) is 3.42. The molecule has 0 saturated carbocycles. The lowest BCUT2D eigenvalue weighted by Crippen LogP contribution is -2.33. The highest BCUT2D eigenvalue weighted by molar-refractivity contribution is 6.34. The molecule has 7 heteroatoms. The van der Waals surface area contributed by atoms with Crippen LogP contribution in [0, 0.1) is 0 Å². The van der Waals surface area contributed by atoms with E-state index < -0.39 is 11.9 Å². The number of esters is 1. The Morgan fingerprint density at radius 3 is 2.41 bits per heavy atom. The molecule has 0 saturated heterocycles. The topological polar surface area (TPSA) is 75.7 Å². The van der Waals surface area contributed by atoms with E-state index in [1.165, 1.54) is 25.3 Å². The largest absolute Gasteiger partial charge is 0.465 e. The fourth-order valence-corrected chi connectivity index (χ4v) is 2.05. The van der Waals surface area contributed by atoms with Crippen LogP contribution in [-0.2, 0) is 14.3 Å². The number of rotatable bonds is 6. The highest BCUT2D eigenvalue weighted by Crippen LogP contribution is 2.23. The predicted octanol–water partition coefficient (Wildman–Crippen LogP) is 2.32. The van der Waals surface area contributed by atoms with E-state index in [2.05, 4.69) is 10.1 Å². The van der Waals surface area contributed by atoms with Crippen LogP contribution in [0.4, 0.5) is 5.69 Å². The molecule has 0 spiro atoms. The van der Waals surface area contributed by atoms with Crippen LogP contribution in [0.5, 0.6) is 0 Å². The molecule has 0 heterocycles. The molecule has 0 radical (unpaired) electrons. The summed E-state index contributed by atoms with van der Waals surface area (Å²) in [5, 5.41) is 2.81. The van der Waals surface area contributed by atoms with E-state index in [0.29, 0.717) is 13.1 Å². The van der Waals surface area contributed by atoms with E-state index in [-0.39, 0.29) is 28.6 Å². The van der Waals surface area contributed by atoms with Crippen LogP contribution in [-0.4, -0.2) is 42.9 Å². The molecule has 0 aliphatic heterocycles. The number of nitrogens with one attached hydrogen (secondary N) is 1. The standard InChI is InChI=1S/C15H19ClN2O4/c1-4-18(5-2)14(20)9-13(19)17-12-8-10(15(21)22-3)6-7-11(12)16/h6-8H,4-5,9H2,1-3H3,(H,17,19). The molecule has 1 aromatic carbocycles. The van der Waals surface area contributed by atoms with Gasteiger partial charge < -0.3 is 15.0 Å². The van der Waals surface area contributed by atoms with Crippen molar-refractivity contribution in [1.82, 2.24) is 4.90 Å². The first kappa shape index (κ1) is 18.0. The second kappa shape index (κ2) is 8.38. The van der Waals surface area contributed by atoms with Crippen molar-refractivity contribution in [2.24, 2.45) is 0 Å². The minimum absolute atomic E-state index is 0.261. The Morgan fingerprint density at radius 2 is 1.86 bits per heavy atom. The molecule has 0 fully saturated rings. The van der Waals surface area contributed by atoms with Crippen molar-refractivity contribution in [2.45, 2.75) is 20.3 Å². The summed E-state index contributed by atoms with van der Waals surface area (Å²) in [5.41, 5.74) is 0.527. The summed E-state index contributed by atoms with van der Waals surface area (Å²) in [4.78, 5) is 36.8. The van der Waals surface area contributed by atoms with Crippen molar-refractivity contribution in [3.63, 3.8) is 0 Å². The van der Waals surface area contributed by atoms with Crippen LogP contribution < -0.4 is 5.32 Å². The molecule has 0 aliphatic carbocycles. The Balaban J connectivity index is 2.79. The molecule has 0 aromatic heterocycles. The normalized spacial score (nSPS) is 10.0. The van der Waals surface area contributed by atoms with Gasteiger partial charge in [0.25, 0.3) is 0 Å². The second-order valence-corrected chi connectivity index (χ2v) is 4.88. The lowest BCUT2D eigenvalue weighted by Gasteiger charge is -2.18. The molecule has 0 aliphatic rings. The predicted molar refractivity (Wildman–Crippen MR) is 84.0 cm³/mol. The number of hydrogen-bond acceptors (Lipinski definition) is 4.